The number of alkyl carbamates (subject to hydrolysis) is 1. The van der Waals surface area contributed by atoms with Crippen LogP contribution in [0.5, 0.6) is 0 Å². The van der Waals surface area contributed by atoms with Gasteiger partial charge < -0.3 is 9.64 Å². The second kappa shape index (κ2) is 5.06. The van der Waals surface area contributed by atoms with Gasteiger partial charge in [-0.2, -0.15) is 0 Å². The lowest BCUT2D eigenvalue weighted by molar-refractivity contribution is 0.00594. The molecule has 2 aliphatic rings. The van der Waals surface area contributed by atoms with Crippen molar-refractivity contribution in [1.82, 2.24) is 10.2 Å². The first-order chi connectivity index (χ1) is 10.0. The van der Waals surface area contributed by atoms with Gasteiger partial charge in [-0.1, -0.05) is 32.0 Å². The zero-order chi connectivity index (χ0) is 15.0. The first-order valence-electron chi connectivity index (χ1n) is 7.40. The summed E-state index contributed by atoms with van der Waals surface area (Å²) in [5.41, 5.74) is -0.0551. The average molecular weight is 288 g/mol. The fraction of sp³-hybridized carbons (Fsp3) is 0.500. The van der Waals surface area contributed by atoms with Crippen LogP contribution < -0.4 is 5.32 Å². The molecule has 5 heteroatoms. The van der Waals surface area contributed by atoms with Crippen LogP contribution in [0.3, 0.4) is 0 Å². The molecule has 0 aromatic heterocycles. The molecular formula is C16H20N2O3. The number of carbonyl (C=O) groups is 2. The second-order valence-corrected chi connectivity index (χ2v) is 6.05. The van der Waals surface area contributed by atoms with E-state index in [-0.39, 0.29) is 17.9 Å². The Morgan fingerprint density at radius 3 is 2.76 bits per heavy atom. The Morgan fingerprint density at radius 1 is 1.38 bits per heavy atom. The molecule has 1 aromatic rings. The number of amides is 2. The highest BCUT2D eigenvalue weighted by molar-refractivity contribution is 5.95. The van der Waals surface area contributed by atoms with E-state index >= 15 is 0 Å². The highest BCUT2D eigenvalue weighted by Crippen LogP contribution is 2.39. The van der Waals surface area contributed by atoms with Crippen LogP contribution in [-0.2, 0) is 4.74 Å². The summed E-state index contributed by atoms with van der Waals surface area (Å²) in [6.45, 7) is 4.66. The number of hydrogen-bond acceptors (Lipinski definition) is 3. The van der Waals surface area contributed by atoms with Crippen molar-refractivity contribution in [2.24, 2.45) is 5.92 Å². The Morgan fingerprint density at radius 2 is 2.10 bits per heavy atom. The number of benzene rings is 1. The predicted molar refractivity (Wildman–Crippen MR) is 77.7 cm³/mol. The van der Waals surface area contributed by atoms with Crippen LogP contribution in [-0.4, -0.2) is 35.2 Å². The number of ether oxygens (including phenoxy) is 1. The third-order valence-corrected chi connectivity index (χ3v) is 4.32. The minimum absolute atomic E-state index is 0.0513. The highest BCUT2D eigenvalue weighted by atomic mass is 16.6. The zero-order valence-corrected chi connectivity index (χ0v) is 12.3. The minimum atomic E-state index is -0.696. The van der Waals surface area contributed by atoms with Gasteiger partial charge in [0.25, 0.3) is 5.91 Å². The number of likely N-dealkylation sites (tertiary alicyclic amines) is 1. The molecule has 2 heterocycles. The molecule has 0 unspecified atom stereocenters. The minimum Gasteiger partial charge on any atom is -0.441 e. The standard InChI is InChI=1S/C16H20N2O3/c1-11(2)13-16(17-15(20)21-13)9-6-10-18(16)14(19)12-7-4-3-5-8-12/h3-5,7-8,11,13H,6,9-10H2,1-2H3,(H,17,20)/t13-,16-/m0/s1. The lowest BCUT2D eigenvalue weighted by Gasteiger charge is -2.38. The molecule has 0 radical (unpaired) electrons. The SMILES string of the molecule is CC(C)[C@@H]1OC(=O)N[C@]12CCCN2C(=O)c1ccccc1. The van der Waals surface area contributed by atoms with Crippen LogP contribution >= 0.6 is 0 Å². The van der Waals surface area contributed by atoms with E-state index in [4.69, 9.17) is 4.74 Å². The largest absolute Gasteiger partial charge is 0.441 e. The molecule has 5 nitrogen and oxygen atoms in total. The van der Waals surface area contributed by atoms with Gasteiger partial charge in [0.1, 0.15) is 6.10 Å². The molecule has 2 fully saturated rings. The summed E-state index contributed by atoms with van der Waals surface area (Å²) in [5.74, 6) is 0.0951. The maximum Gasteiger partial charge on any atom is 0.409 e. The molecular weight excluding hydrogens is 268 g/mol. The van der Waals surface area contributed by atoms with Crippen molar-refractivity contribution < 1.29 is 14.3 Å². The second-order valence-electron chi connectivity index (χ2n) is 6.05. The fourth-order valence-electron chi connectivity index (χ4n) is 3.46. The van der Waals surface area contributed by atoms with Crippen molar-refractivity contribution in [2.75, 3.05) is 6.54 Å². The van der Waals surface area contributed by atoms with Crippen molar-refractivity contribution in [3.63, 3.8) is 0 Å². The molecule has 1 spiro atoms. The molecule has 2 amide bonds. The van der Waals surface area contributed by atoms with E-state index in [1.165, 1.54) is 0 Å². The van der Waals surface area contributed by atoms with Crippen LogP contribution in [0.25, 0.3) is 0 Å². The summed E-state index contributed by atoms with van der Waals surface area (Å²) in [6, 6.07) is 9.18. The molecule has 0 bridgehead atoms. The van der Waals surface area contributed by atoms with Gasteiger partial charge in [0.05, 0.1) is 0 Å². The molecule has 0 aliphatic carbocycles. The van der Waals surface area contributed by atoms with Gasteiger partial charge in [-0.05, 0) is 30.9 Å². The topological polar surface area (TPSA) is 58.6 Å². The maximum absolute atomic E-state index is 12.8. The molecule has 1 N–H and O–H groups in total. The van der Waals surface area contributed by atoms with E-state index in [1.807, 2.05) is 32.0 Å². The van der Waals surface area contributed by atoms with Gasteiger partial charge in [0, 0.05) is 12.1 Å². The van der Waals surface area contributed by atoms with E-state index in [9.17, 15) is 9.59 Å². The number of hydrogen-bond donors (Lipinski definition) is 1. The van der Waals surface area contributed by atoms with Crippen LogP contribution in [0.1, 0.15) is 37.0 Å². The van der Waals surface area contributed by atoms with Crippen LogP contribution in [0.15, 0.2) is 30.3 Å². The van der Waals surface area contributed by atoms with Gasteiger partial charge in [-0.3, -0.25) is 10.1 Å². The molecule has 2 aliphatic heterocycles. The maximum atomic E-state index is 12.8. The third-order valence-electron chi connectivity index (χ3n) is 4.32. The number of cyclic esters (lactones) is 1. The average Bonchev–Trinajstić information content (AvgIpc) is 3.03. The summed E-state index contributed by atoms with van der Waals surface area (Å²) in [5, 5.41) is 2.91. The smallest absolute Gasteiger partial charge is 0.409 e. The Kier molecular flexibility index (Phi) is 3.35. The molecule has 2 saturated heterocycles. The van der Waals surface area contributed by atoms with Gasteiger partial charge in [0.15, 0.2) is 5.66 Å². The van der Waals surface area contributed by atoms with E-state index in [0.29, 0.717) is 12.1 Å². The van der Waals surface area contributed by atoms with Gasteiger partial charge in [0.2, 0.25) is 0 Å². The predicted octanol–water partition coefficient (Wildman–Crippen LogP) is 2.38. The fourth-order valence-corrected chi connectivity index (χ4v) is 3.46. The van der Waals surface area contributed by atoms with Crippen LogP contribution in [0, 0.1) is 5.92 Å². The Bertz CT molecular complexity index is 558. The van der Waals surface area contributed by atoms with Crippen molar-refractivity contribution in [3.05, 3.63) is 35.9 Å². The van der Waals surface area contributed by atoms with E-state index in [2.05, 4.69) is 5.32 Å². The zero-order valence-electron chi connectivity index (χ0n) is 12.3. The molecule has 0 saturated carbocycles. The molecule has 2 atom stereocenters. The number of carbonyl (C=O) groups excluding carboxylic acids is 2. The van der Waals surface area contributed by atoms with Crippen molar-refractivity contribution in [3.8, 4) is 0 Å². The Labute approximate surface area is 124 Å². The lowest BCUT2D eigenvalue weighted by atomic mass is 9.91. The molecule has 3 rings (SSSR count). The normalized spacial score (nSPS) is 28.0. The van der Waals surface area contributed by atoms with E-state index in [0.717, 1.165) is 12.8 Å². The third kappa shape index (κ3) is 2.17. The summed E-state index contributed by atoms with van der Waals surface area (Å²) in [4.78, 5) is 26.3. The molecule has 21 heavy (non-hydrogen) atoms. The number of nitrogens with one attached hydrogen (secondary N) is 1. The molecule has 1 aromatic carbocycles. The Balaban J connectivity index is 1.95. The van der Waals surface area contributed by atoms with Gasteiger partial charge in [-0.25, -0.2) is 4.79 Å². The summed E-state index contributed by atoms with van der Waals surface area (Å²) in [6.07, 6.45) is 0.868. The van der Waals surface area contributed by atoms with Crippen LogP contribution in [0.2, 0.25) is 0 Å². The van der Waals surface area contributed by atoms with Gasteiger partial charge >= 0.3 is 6.09 Å². The van der Waals surface area contributed by atoms with E-state index in [1.54, 1.807) is 17.0 Å². The first-order valence-corrected chi connectivity index (χ1v) is 7.40. The molecule has 112 valence electrons. The lowest BCUT2D eigenvalue weighted by Crippen LogP contribution is -2.61. The summed E-state index contributed by atoms with van der Waals surface area (Å²) >= 11 is 0. The van der Waals surface area contributed by atoms with Crippen LogP contribution in [0.4, 0.5) is 4.79 Å². The monoisotopic (exact) mass is 288 g/mol. The Hall–Kier alpha value is -2.04. The highest BCUT2D eigenvalue weighted by Gasteiger charge is 2.57. The number of rotatable bonds is 2. The van der Waals surface area contributed by atoms with Crippen molar-refractivity contribution in [2.45, 2.75) is 38.5 Å². The van der Waals surface area contributed by atoms with E-state index < -0.39 is 11.8 Å². The summed E-state index contributed by atoms with van der Waals surface area (Å²) in [7, 11) is 0. The summed E-state index contributed by atoms with van der Waals surface area (Å²) < 4.78 is 5.43. The number of nitrogens with zero attached hydrogens (tertiary/aromatic N) is 1. The first kappa shape index (κ1) is 13.9. The quantitative estimate of drug-likeness (QED) is 0.909. The van der Waals surface area contributed by atoms with Crippen molar-refractivity contribution >= 4 is 12.0 Å². The van der Waals surface area contributed by atoms with Gasteiger partial charge in [-0.15, -0.1) is 0 Å². The van der Waals surface area contributed by atoms with Crippen molar-refractivity contribution in [1.29, 1.82) is 0 Å².